The van der Waals surface area contributed by atoms with Crippen LogP contribution in [0.4, 0.5) is 0 Å². The van der Waals surface area contributed by atoms with Gasteiger partial charge in [-0.25, -0.2) is 13.1 Å². The summed E-state index contributed by atoms with van der Waals surface area (Å²) in [6.45, 7) is 1.74. The average Bonchev–Trinajstić information content (AvgIpc) is 2.28. The Morgan fingerprint density at radius 1 is 1.26 bits per heavy atom. The summed E-state index contributed by atoms with van der Waals surface area (Å²) < 4.78 is 26.3. The Kier molecular flexibility index (Phi) is 6.91. The Labute approximate surface area is 129 Å². The van der Waals surface area contributed by atoms with E-state index in [0.29, 0.717) is 34.3 Å². The van der Waals surface area contributed by atoms with Gasteiger partial charge in [-0.05, 0) is 37.5 Å². The van der Waals surface area contributed by atoms with Crippen molar-refractivity contribution < 1.29 is 8.42 Å². The fourth-order valence-electron chi connectivity index (χ4n) is 1.63. The maximum Gasteiger partial charge on any atom is 0.212 e. The monoisotopic (exact) mass is 343 g/mol. The van der Waals surface area contributed by atoms with Gasteiger partial charge < -0.3 is 0 Å². The second kappa shape index (κ2) is 7.70. The summed E-state index contributed by atoms with van der Waals surface area (Å²) in [6, 6.07) is 4.60. The van der Waals surface area contributed by atoms with Crippen molar-refractivity contribution in [3.63, 3.8) is 0 Å². The van der Waals surface area contributed by atoms with Gasteiger partial charge in [0.05, 0.1) is 5.75 Å². The van der Waals surface area contributed by atoms with Crippen LogP contribution in [0.15, 0.2) is 18.2 Å². The van der Waals surface area contributed by atoms with Crippen molar-refractivity contribution >= 4 is 44.8 Å². The molecule has 0 radical (unpaired) electrons. The molecule has 0 spiro atoms. The van der Waals surface area contributed by atoms with Gasteiger partial charge >= 0.3 is 0 Å². The minimum absolute atomic E-state index is 0.0648. The number of unbranched alkanes of at least 4 members (excludes halogenated alkanes) is 1. The number of hydrogen-bond donors (Lipinski definition) is 1. The molecule has 0 aromatic heterocycles. The lowest BCUT2D eigenvalue weighted by Gasteiger charge is -2.16. The van der Waals surface area contributed by atoms with Crippen molar-refractivity contribution in [1.82, 2.24) is 4.72 Å². The van der Waals surface area contributed by atoms with Gasteiger partial charge in [-0.15, -0.1) is 11.6 Å². The second-order valence-electron chi connectivity index (χ2n) is 4.22. The van der Waals surface area contributed by atoms with Gasteiger partial charge in [-0.3, -0.25) is 0 Å². The topological polar surface area (TPSA) is 46.2 Å². The van der Waals surface area contributed by atoms with Crippen molar-refractivity contribution in [3.8, 4) is 0 Å². The summed E-state index contributed by atoms with van der Waals surface area (Å²) in [5, 5.41) is 0.967. The van der Waals surface area contributed by atoms with Crippen LogP contribution in [0.3, 0.4) is 0 Å². The van der Waals surface area contributed by atoms with Gasteiger partial charge in [-0.1, -0.05) is 29.3 Å². The number of nitrogens with one attached hydrogen (secondary N) is 1. The van der Waals surface area contributed by atoms with Gasteiger partial charge in [0.15, 0.2) is 0 Å². The number of halogens is 3. The number of benzene rings is 1. The molecule has 1 aromatic carbocycles. The highest BCUT2D eigenvalue weighted by atomic mass is 35.5. The van der Waals surface area contributed by atoms with Crippen LogP contribution in [0.25, 0.3) is 0 Å². The zero-order valence-corrected chi connectivity index (χ0v) is 13.6. The molecular formula is C12H16Cl3NO2S. The molecule has 0 saturated heterocycles. The molecule has 0 aliphatic heterocycles. The van der Waals surface area contributed by atoms with Gasteiger partial charge in [0.2, 0.25) is 10.0 Å². The van der Waals surface area contributed by atoms with E-state index in [9.17, 15) is 8.42 Å². The molecular weight excluding hydrogens is 329 g/mol. The zero-order chi connectivity index (χ0) is 14.5. The van der Waals surface area contributed by atoms with E-state index in [2.05, 4.69) is 4.72 Å². The van der Waals surface area contributed by atoms with Crippen LogP contribution in [0.5, 0.6) is 0 Å². The van der Waals surface area contributed by atoms with Crippen LogP contribution in [0.2, 0.25) is 10.0 Å². The fourth-order valence-corrected chi connectivity index (χ4v) is 3.76. The number of rotatable bonds is 7. The maximum atomic E-state index is 11.8. The molecule has 0 amide bonds. The molecule has 0 heterocycles. The largest absolute Gasteiger partial charge is 0.212 e. The molecule has 0 bridgehead atoms. The van der Waals surface area contributed by atoms with Crippen LogP contribution >= 0.6 is 34.8 Å². The van der Waals surface area contributed by atoms with Crippen molar-refractivity contribution in [2.75, 3.05) is 11.6 Å². The summed E-state index contributed by atoms with van der Waals surface area (Å²) >= 11 is 17.4. The molecule has 7 heteroatoms. The quantitative estimate of drug-likeness (QED) is 0.600. The molecule has 1 aromatic rings. The van der Waals surface area contributed by atoms with Gasteiger partial charge in [0.1, 0.15) is 0 Å². The first-order valence-corrected chi connectivity index (χ1v) is 8.81. The van der Waals surface area contributed by atoms with Crippen LogP contribution in [0, 0.1) is 0 Å². The molecule has 19 heavy (non-hydrogen) atoms. The standard InChI is InChI=1S/C12H16Cl3NO2S/c1-9(11-5-4-10(14)8-12(11)15)16-19(17,18)7-3-2-6-13/h4-5,8-9,16H,2-3,6-7H2,1H3. The number of sulfonamides is 1. The van der Waals surface area contributed by atoms with Crippen molar-refractivity contribution in [1.29, 1.82) is 0 Å². The summed E-state index contributed by atoms with van der Waals surface area (Å²) in [5.74, 6) is 0.531. The highest BCUT2D eigenvalue weighted by Gasteiger charge is 2.17. The molecule has 1 rings (SSSR count). The molecule has 0 aliphatic rings. The van der Waals surface area contributed by atoms with Crippen LogP contribution in [0.1, 0.15) is 31.4 Å². The zero-order valence-electron chi connectivity index (χ0n) is 10.5. The van der Waals surface area contributed by atoms with Gasteiger partial charge in [0.25, 0.3) is 0 Å². The van der Waals surface area contributed by atoms with Crippen molar-refractivity contribution in [2.45, 2.75) is 25.8 Å². The summed E-state index contributed by atoms with van der Waals surface area (Å²) in [4.78, 5) is 0. The normalized spacial score (nSPS) is 13.5. The molecule has 0 aliphatic carbocycles. The van der Waals surface area contributed by atoms with Crippen LogP contribution in [-0.2, 0) is 10.0 Å². The highest BCUT2D eigenvalue weighted by molar-refractivity contribution is 7.89. The molecule has 1 atom stereocenters. The summed E-state index contributed by atoms with van der Waals surface area (Å²) in [7, 11) is -3.33. The smallest absolute Gasteiger partial charge is 0.212 e. The van der Waals surface area contributed by atoms with E-state index < -0.39 is 16.1 Å². The minimum Gasteiger partial charge on any atom is -0.212 e. The molecule has 108 valence electrons. The first-order valence-electron chi connectivity index (χ1n) is 5.86. The SMILES string of the molecule is CC(NS(=O)(=O)CCCCCl)c1ccc(Cl)cc1Cl. The Morgan fingerprint density at radius 2 is 1.95 bits per heavy atom. The third-order valence-electron chi connectivity index (χ3n) is 2.58. The summed E-state index contributed by atoms with van der Waals surface area (Å²) in [5.41, 5.74) is 0.701. The maximum absolute atomic E-state index is 11.8. The number of hydrogen-bond acceptors (Lipinski definition) is 2. The first kappa shape index (κ1) is 17.1. The first-order chi connectivity index (χ1) is 8.85. The van der Waals surface area contributed by atoms with Gasteiger partial charge in [0, 0.05) is 22.0 Å². The lowest BCUT2D eigenvalue weighted by atomic mass is 10.1. The van der Waals surface area contributed by atoms with Crippen LogP contribution in [-0.4, -0.2) is 20.1 Å². The number of alkyl halides is 1. The third-order valence-corrected chi connectivity index (χ3v) is 4.95. The molecule has 1 N–H and O–H groups in total. The Balaban J connectivity index is 2.70. The lowest BCUT2D eigenvalue weighted by molar-refractivity contribution is 0.564. The molecule has 1 unspecified atom stereocenters. The average molecular weight is 345 g/mol. The third kappa shape index (κ3) is 5.88. The lowest BCUT2D eigenvalue weighted by Crippen LogP contribution is -2.29. The molecule has 3 nitrogen and oxygen atoms in total. The Hall–Kier alpha value is -0.000000000000000111. The van der Waals surface area contributed by atoms with E-state index in [1.807, 2.05) is 0 Å². The fraction of sp³-hybridized carbons (Fsp3) is 0.500. The molecule has 0 saturated carbocycles. The van der Waals surface area contributed by atoms with E-state index >= 15 is 0 Å². The summed E-state index contributed by atoms with van der Waals surface area (Å²) in [6.07, 6.45) is 1.22. The second-order valence-corrected chi connectivity index (χ2v) is 7.32. The van der Waals surface area contributed by atoms with E-state index in [-0.39, 0.29) is 5.75 Å². The van der Waals surface area contributed by atoms with Crippen LogP contribution < -0.4 is 4.72 Å². The van der Waals surface area contributed by atoms with E-state index in [1.165, 1.54) is 0 Å². The predicted octanol–water partition coefficient (Wildman–Crippen LogP) is 3.99. The highest BCUT2D eigenvalue weighted by Crippen LogP contribution is 2.26. The van der Waals surface area contributed by atoms with E-state index in [4.69, 9.17) is 34.8 Å². The van der Waals surface area contributed by atoms with Crippen molar-refractivity contribution in [2.24, 2.45) is 0 Å². The molecule has 0 fully saturated rings. The van der Waals surface area contributed by atoms with E-state index in [1.54, 1.807) is 25.1 Å². The van der Waals surface area contributed by atoms with Crippen molar-refractivity contribution in [3.05, 3.63) is 33.8 Å². The Morgan fingerprint density at radius 3 is 2.53 bits per heavy atom. The van der Waals surface area contributed by atoms with Gasteiger partial charge in [-0.2, -0.15) is 0 Å². The Bertz CT molecular complexity index is 520. The van der Waals surface area contributed by atoms with E-state index in [0.717, 1.165) is 0 Å². The minimum atomic E-state index is -3.33. The predicted molar refractivity (Wildman–Crippen MR) is 81.8 cm³/mol.